The maximum Gasteiger partial charge on any atom is 0.191 e. The SMILES string of the molecule is Cc1ncc(-c2ccc3cnc(CC(=O)C4CCC(N)CC4)cc3c2)o1. The Labute approximate surface area is 152 Å². The highest BCUT2D eigenvalue weighted by Crippen LogP contribution is 2.27. The number of Topliss-reactive ketones (excluding diaryl/α,β-unsaturated/α-hetero) is 1. The number of oxazole rings is 1. The summed E-state index contributed by atoms with van der Waals surface area (Å²) in [5.41, 5.74) is 7.74. The van der Waals surface area contributed by atoms with E-state index in [0.717, 1.165) is 53.5 Å². The fraction of sp³-hybridized carbons (Fsp3) is 0.381. The van der Waals surface area contributed by atoms with E-state index in [1.54, 1.807) is 6.20 Å². The predicted octanol–water partition coefficient (Wildman–Crippen LogP) is 3.83. The van der Waals surface area contributed by atoms with E-state index < -0.39 is 0 Å². The van der Waals surface area contributed by atoms with E-state index >= 15 is 0 Å². The minimum atomic E-state index is 0.135. The summed E-state index contributed by atoms with van der Waals surface area (Å²) < 4.78 is 5.61. The molecule has 5 heteroatoms. The molecule has 26 heavy (non-hydrogen) atoms. The summed E-state index contributed by atoms with van der Waals surface area (Å²) >= 11 is 0. The van der Waals surface area contributed by atoms with Crippen molar-refractivity contribution in [3.63, 3.8) is 0 Å². The highest BCUT2D eigenvalue weighted by molar-refractivity contribution is 5.88. The van der Waals surface area contributed by atoms with E-state index in [0.29, 0.717) is 12.3 Å². The van der Waals surface area contributed by atoms with Gasteiger partial charge in [0.1, 0.15) is 5.78 Å². The zero-order chi connectivity index (χ0) is 18.1. The van der Waals surface area contributed by atoms with Crippen molar-refractivity contribution in [3.05, 3.63) is 48.2 Å². The van der Waals surface area contributed by atoms with Crippen molar-refractivity contribution in [2.24, 2.45) is 11.7 Å². The van der Waals surface area contributed by atoms with Crippen molar-refractivity contribution in [3.8, 4) is 11.3 Å². The summed E-state index contributed by atoms with van der Waals surface area (Å²) in [5.74, 6) is 1.81. The lowest BCUT2D eigenvalue weighted by atomic mass is 9.82. The summed E-state index contributed by atoms with van der Waals surface area (Å²) in [6, 6.07) is 8.35. The highest BCUT2D eigenvalue weighted by Gasteiger charge is 2.24. The van der Waals surface area contributed by atoms with E-state index in [4.69, 9.17) is 10.2 Å². The van der Waals surface area contributed by atoms with Crippen molar-refractivity contribution in [1.82, 2.24) is 9.97 Å². The topological polar surface area (TPSA) is 82.0 Å². The number of nitrogens with two attached hydrogens (primary N) is 1. The Morgan fingerprint density at radius 1 is 1.12 bits per heavy atom. The van der Waals surface area contributed by atoms with E-state index in [1.807, 2.05) is 31.3 Å². The van der Waals surface area contributed by atoms with Gasteiger partial charge in [0.25, 0.3) is 0 Å². The number of aromatic nitrogens is 2. The van der Waals surface area contributed by atoms with Gasteiger partial charge in [-0.05, 0) is 43.2 Å². The summed E-state index contributed by atoms with van der Waals surface area (Å²) in [4.78, 5) is 21.2. The molecular weight excluding hydrogens is 326 g/mol. The Bertz CT molecular complexity index is 939. The van der Waals surface area contributed by atoms with Crippen molar-refractivity contribution in [2.75, 3.05) is 0 Å². The molecule has 1 aliphatic carbocycles. The molecule has 4 rings (SSSR count). The number of fused-ring (bicyclic) bond motifs is 1. The average molecular weight is 349 g/mol. The molecule has 2 heterocycles. The molecule has 0 radical (unpaired) electrons. The molecule has 2 aromatic heterocycles. The van der Waals surface area contributed by atoms with Crippen LogP contribution in [-0.2, 0) is 11.2 Å². The molecule has 0 spiro atoms. The molecule has 3 aromatic rings. The Kier molecular flexibility index (Phi) is 4.55. The number of rotatable bonds is 4. The Balaban J connectivity index is 1.55. The molecule has 1 aromatic carbocycles. The molecule has 1 aliphatic rings. The van der Waals surface area contributed by atoms with Crippen molar-refractivity contribution < 1.29 is 9.21 Å². The van der Waals surface area contributed by atoms with Gasteiger partial charge >= 0.3 is 0 Å². The molecule has 0 atom stereocenters. The second kappa shape index (κ2) is 7.00. The van der Waals surface area contributed by atoms with Crippen LogP contribution in [0.15, 0.2) is 41.1 Å². The standard InChI is InChI=1S/C21H23N3O2/c1-13-23-12-21(26-13)15-2-3-16-11-24-19(9-17(16)8-15)10-20(25)14-4-6-18(22)7-5-14/h2-3,8-9,11-12,14,18H,4-7,10,22H2,1H3. The monoisotopic (exact) mass is 349 g/mol. The van der Waals surface area contributed by atoms with Gasteiger partial charge in [0, 0.05) is 48.1 Å². The first kappa shape index (κ1) is 16.9. The third-order valence-corrected chi connectivity index (χ3v) is 5.27. The maximum absolute atomic E-state index is 12.6. The van der Waals surface area contributed by atoms with Crippen LogP contribution in [0.1, 0.15) is 37.3 Å². The van der Waals surface area contributed by atoms with Gasteiger partial charge in [-0.1, -0.05) is 12.1 Å². The van der Waals surface area contributed by atoms with E-state index in [-0.39, 0.29) is 17.7 Å². The molecule has 0 saturated heterocycles. The minimum absolute atomic E-state index is 0.135. The number of hydrogen-bond acceptors (Lipinski definition) is 5. The number of benzene rings is 1. The first-order valence-corrected chi connectivity index (χ1v) is 9.18. The number of ketones is 1. The van der Waals surface area contributed by atoms with Crippen LogP contribution in [0.5, 0.6) is 0 Å². The smallest absolute Gasteiger partial charge is 0.191 e. The average Bonchev–Trinajstić information content (AvgIpc) is 3.08. The Morgan fingerprint density at radius 2 is 1.92 bits per heavy atom. The minimum Gasteiger partial charge on any atom is -0.441 e. The van der Waals surface area contributed by atoms with Gasteiger partial charge in [0.15, 0.2) is 11.7 Å². The Hall–Kier alpha value is -2.53. The number of carbonyl (C=O) groups is 1. The van der Waals surface area contributed by atoms with E-state index in [2.05, 4.69) is 16.0 Å². The highest BCUT2D eigenvalue weighted by atomic mass is 16.4. The van der Waals surface area contributed by atoms with Gasteiger partial charge in [-0.25, -0.2) is 4.98 Å². The predicted molar refractivity (Wildman–Crippen MR) is 101 cm³/mol. The largest absolute Gasteiger partial charge is 0.441 e. The van der Waals surface area contributed by atoms with Crippen LogP contribution >= 0.6 is 0 Å². The second-order valence-electron chi connectivity index (χ2n) is 7.24. The maximum atomic E-state index is 12.6. The number of nitrogens with zero attached hydrogens (tertiary/aromatic N) is 2. The van der Waals surface area contributed by atoms with Crippen LogP contribution in [0.3, 0.4) is 0 Å². The molecule has 2 N–H and O–H groups in total. The van der Waals surface area contributed by atoms with Gasteiger partial charge < -0.3 is 10.2 Å². The summed E-state index contributed by atoms with van der Waals surface area (Å²) in [6.45, 7) is 1.83. The van der Waals surface area contributed by atoms with Gasteiger partial charge in [-0.3, -0.25) is 9.78 Å². The van der Waals surface area contributed by atoms with E-state index in [9.17, 15) is 4.79 Å². The van der Waals surface area contributed by atoms with Gasteiger partial charge in [-0.15, -0.1) is 0 Å². The third kappa shape index (κ3) is 3.53. The van der Waals surface area contributed by atoms with Crippen LogP contribution in [0.4, 0.5) is 0 Å². The molecule has 1 fully saturated rings. The molecule has 0 aliphatic heterocycles. The van der Waals surface area contributed by atoms with Gasteiger partial charge in [-0.2, -0.15) is 0 Å². The number of hydrogen-bond donors (Lipinski definition) is 1. The van der Waals surface area contributed by atoms with Crippen molar-refractivity contribution in [1.29, 1.82) is 0 Å². The lowest BCUT2D eigenvalue weighted by Crippen LogP contribution is -2.30. The Morgan fingerprint density at radius 3 is 2.65 bits per heavy atom. The fourth-order valence-electron chi connectivity index (χ4n) is 3.70. The van der Waals surface area contributed by atoms with Crippen LogP contribution in [0, 0.1) is 12.8 Å². The first-order valence-electron chi connectivity index (χ1n) is 9.18. The molecular formula is C21H23N3O2. The molecule has 0 unspecified atom stereocenters. The number of pyridine rings is 1. The zero-order valence-corrected chi connectivity index (χ0v) is 14.9. The summed E-state index contributed by atoms with van der Waals surface area (Å²) in [6.07, 6.45) is 7.66. The van der Waals surface area contributed by atoms with Crippen molar-refractivity contribution >= 4 is 16.6 Å². The van der Waals surface area contributed by atoms with Gasteiger partial charge in [0.05, 0.1) is 6.20 Å². The fourth-order valence-corrected chi connectivity index (χ4v) is 3.70. The van der Waals surface area contributed by atoms with Crippen LogP contribution in [-0.4, -0.2) is 21.8 Å². The second-order valence-corrected chi connectivity index (χ2v) is 7.24. The van der Waals surface area contributed by atoms with Crippen LogP contribution in [0.2, 0.25) is 0 Å². The first-order chi connectivity index (χ1) is 12.6. The normalized spacial score (nSPS) is 20.4. The van der Waals surface area contributed by atoms with Crippen LogP contribution in [0.25, 0.3) is 22.1 Å². The number of carbonyl (C=O) groups excluding carboxylic acids is 1. The molecule has 134 valence electrons. The zero-order valence-electron chi connectivity index (χ0n) is 14.9. The lowest BCUT2D eigenvalue weighted by molar-refractivity contribution is -0.123. The molecule has 0 bridgehead atoms. The van der Waals surface area contributed by atoms with E-state index in [1.165, 1.54) is 0 Å². The molecule has 1 saturated carbocycles. The number of aryl methyl sites for hydroxylation is 1. The quantitative estimate of drug-likeness (QED) is 0.774. The summed E-state index contributed by atoms with van der Waals surface area (Å²) in [7, 11) is 0. The third-order valence-electron chi connectivity index (χ3n) is 5.27. The lowest BCUT2D eigenvalue weighted by Gasteiger charge is -2.24. The van der Waals surface area contributed by atoms with Gasteiger partial charge in [0.2, 0.25) is 0 Å². The van der Waals surface area contributed by atoms with Crippen LogP contribution < -0.4 is 5.73 Å². The molecule has 5 nitrogen and oxygen atoms in total. The van der Waals surface area contributed by atoms with Crippen molar-refractivity contribution in [2.45, 2.75) is 45.1 Å². The summed E-state index contributed by atoms with van der Waals surface area (Å²) in [5, 5.41) is 2.10. The molecule has 0 amide bonds.